The van der Waals surface area contributed by atoms with Gasteiger partial charge in [-0.25, -0.2) is 4.98 Å². The molecular weight excluding hydrogens is 294 g/mol. The molecule has 23 heavy (non-hydrogen) atoms. The lowest BCUT2D eigenvalue weighted by Gasteiger charge is -2.08. The number of rotatable bonds is 1. The molecule has 0 unspecified atom stereocenters. The van der Waals surface area contributed by atoms with E-state index in [1.807, 2.05) is 30.3 Å². The maximum absolute atomic E-state index is 12.4. The molecule has 3 heterocycles. The zero-order chi connectivity index (χ0) is 16.1. The fourth-order valence-electron chi connectivity index (χ4n) is 2.87. The molecule has 0 saturated carbocycles. The van der Waals surface area contributed by atoms with Crippen molar-refractivity contribution in [2.24, 2.45) is 5.16 Å². The summed E-state index contributed by atoms with van der Waals surface area (Å²) >= 11 is 0. The quantitative estimate of drug-likeness (QED) is 0.544. The third-order valence-electron chi connectivity index (χ3n) is 3.99. The molecule has 0 spiro atoms. The fourth-order valence-corrected chi connectivity index (χ4v) is 2.87. The van der Waals surface area contributed by atoms with Crippen LogP contribution >= 0.6 is 0 Å². The van der Waals surface area contributed by atoms with Gasteiger partial charge in [-0.1, -0.05) is 29.4 Å². The number of hydrogen-bond donors (Lipinski definition) is 1. The van der Waals surface area contributed by atoms with Crippen molar-refractivity contribution in [3.63, 3.8) is 0 Å². The first-order chi connectivity index (χ1) is 11.1. The van der Waals surface area contributed by atoms with Crippen LogP contribution in [-0.4, -0.2) is 40.2 Å². The zero-order valence-corrected chi connectivity index (χ0v) is 12.6. The van der Waals surface area contributed by atoms with Crippen LogP contribution in [0.5, 0.6) is 0 Å². The molecule has 1 amide bonds. The Hall–Kier alpha value is -3.22. The Morgan fingerprint density at radius 1 is 1.26 bits per heavy atom. The number of oxime groups is 1. The number of nitrogens with zero attached hydrogens (tertiary/aromatic N) is 4. The Bertz CT molecular complexity index is 1070. The summed E-state index contributed by atoms with van der Waals surface area (Å²) in [6.07, 6.45) is 1.78. The van der Waals surface area contributed by atoms with E-state index in [2.05, 4.69) is 10.1 Å². The molecule has 0 bridgehead atoms. The highest BCUT2D eigenvalue weighted by Gasteiger charge is 2.35. The summed E-state index contributed by atoms with van der Waals surface area (Å²) in [6.45, 7) is 0. The van der Waals surface area contributed by atoms with Gasteiger partial charge < -0.3 is 4.84 Å². The van der Waals surface area contributed by atoms with E-state index in [1.54, 1.807) is 17.6 Å². The van der Waals surface area contributed by atoms with Crippen LogP contribution in [0.25, 0.3) is 16.4 Å². The number of carbonyl (C=O) groups excluding carboxylic acids is 1. The third kappa shape index (κ3) is 1.70. The van der Waals surface area contributed by atoms with Crippen LogP contribution in [0.2, 0.25) is 0 Å². The lowest BCUT2D eigenvalue weighted by atomic mass is 10.1. The van der Waals surface area contributed by atoms with Crippen molar-refractivity contribution in [2.45, 2.75) is 0 Å². The van der Waals surface area contributed by atoms with E-state index in [-0.39, 0.29) is 17.1 Å². The van der Waals surface area contributed by atoms with Crippen LogP contribution in [0.4, 0.5) is 0 Å². The van der Waals surface area contributed by atoms with E-state index in [1.165, 1.54) is 12.0 Å². The highest BCUT2D eigenvalue weighted by molar-refractivity contribution is 6.22. The molecule has 0 radical (unpaired) electrons. The summed E-state index contributed by atoms with van der Waals surface area (Å²) < 4.78 is 1.65. The smallest absolute Gasteiger partial charge is 0.278 e. The molecule has 1 N–H and O–H groups in total. The van der Waals surface area contributed by atoms with Gasteiger partial charge in [0.25, 0.3) is 5.91 Å². The molecular formula is C16H13N5O2. The first-order valence-electron chi connectivity index (χ1n) is 7.01. The molecule has 1 aliphatic heterocycles. The van der Waals surface area contributed by atoms with Gasteiger partial charge in [-0.05, 0) is 11.5 Å². The SMILES string of the molecule is CO/N=C1\c2c(nc3c4ccccc4ccn3c2=N)C(=O)N1C. The number of nitrogens with one attached hydrogen (secondary N) is 1. The number of pyridine rings is 1. The minimum Gasteiger partial charge on any atom is -0.397 e. The van der Waals surface area contributed by atoms with Gasteiger partial charge in [0.05, 0.1) is 5.56 Å². The van der Waals surface area contributed by atoms with Gasteiger partial charge in [0, 0.05) is 18.6 Å². The van der Waals surface area contributed by atoms with Gasteiger partial charge in [-0.15, -0.1) is 0 Å². The fraction of sp³-hybridized carbons (Fsp3) is 0.125. The molecule has 7 nitrogen and oxygen atoms in total. The largest absolute Gasteiger partial charge is 0.397 e. The minimum absolute atomic E-state index is 0.157. The lowest BCUT2D eigenvalue weighted by Crippen LogP contribution is -2.28. The lowest BCUT2D eigenvalue weighted by molar-refractivity contribution is 0.0872. The molecule has 114 valence electrons. The van der Waals surface area contributed by atoms with Gasteiger partial charge in [0.15, 0.2) is 5.84 Å². The molecule has 0 saturated heterocycles. The Morgan fingerprint density at radius 2 is 2.04 bits per heavy atom. The van der Waals surface area contributed by atoms with E-state index < -0.39 is 0 Å². The molecule has 7 heteroatoms. The molecule has 0 atom stereocenters. The van der Waals surface area contributed by atoms with Crippen molar-refractivity contribution in [1.29, 1.82) is 5.41 Å². The van der Waals surface area contributed by atoms with Gasteiger partial charge in [0.2, 0.25) is 0 Å². The van der Waals surface area contributed by atoms with Gasteiger partial charge in [-0.2, -0.15) is 0 Å². The summed E-state index contributed by atoms with van der Waals surface area (Å²) in [5, 5.41) is 14.3. The predicted octanol–water partition coefficient (Wildman–Crippen LogP) is 1.36. The number of aromatic nitrogens is 2. The predicted molar refractivity (Wildman–Crippen MR) is 84.2 cm³/mol. The Balaban J connectivity index is 2.19. The molecule has 3 aromatic rings. The van der Waals surface area contributed by atoms with E-state index in [9.17, 15) is 4.79 Å². The first kappa shape index (κ1) is 13.4. The standard InChI is InChI=1S/C16H13N5O2/c1-20-15(19-23-2)11-12(16(20)22)18-14-10-6-4-3-5-9(10)7-8-21(14)13(11)17/h3-8,17H,1-2H3/b17-13?,19-15+. The van der Waals surface area contributed by atoms with Crippen molar-refractivity contribution < 1.29 is 9.63 Å². The molecule has 1 aliphatic rings. The second kappa shape index (κ2) is 4.64. The Morgan fingerprint density at radius 3 is 2.83 bits per heavy atom. The van der Waals surface area contributed by atoms with Crippen LogP contribution in [-0.2, 0) is 4.84 Å². The first-order valence-corrected chi connectivity index (χ1v) is 7.01. The number of amidine groups is 1. The minimum atomic E-state index is -0.292. The highest BCUT2D eigenvalue weighted by Crippen LogP contribution is 2.22. The van der Waals surface area contributed by atoms with Gasteiger partial charge >= 0.3 is 0 Å². The summed E-state index contributed by atoms with van der Waals surface area (Å²) in [4.78, 5) is 23.1. The van der Waals surface area contributed by atoms with Crippen molar-refractivity contribution >= 4 is 28.2 Å². The Labute approximate surface area is 130 Å². The highest BCUT2D eigenvalue weighted by atomic mass is 16.6. The van der Waals surface area contributed by atoms with Crippen LogP contribution < -0.4 is 5.49 Å². The molecule has 4 rings (SSSR count). The molecule has 0 aliphatic carbocycles. The van der Waals surface area contributed by atoms with Crippen molar-refractivity contribution in [3.05, 3.63) is 53.3 Å². The number of hydrogen-bond acceptors (Lipinski definition) is 5. The number of carbonyl (C=O) groups is 1. The molecule has 0 fully saturated rings. The van der Waals surface area contributed by atoms with Crippen LogP contribution in [0.1, 0.15) is 16.1 Å². The summed E-state index contributed by atoms with van der Waals surface area (Å²) in [5.74, 6) is 0.00675. The van der Waals surface area contributed by atoms with E-state index in [0.29, 0.717) is 17.0 Å². The van der Waals surface area contributed by atoms with Crippen molar-refractivity contribution in [3.8, 4) is 0 Å². The molecule has 1 aromatic carbocycles. The molecule has 2 aromatic heterocycles. The van der Waals surface area contributed by atoms with Crippen LogP contribution in [0, 0.1) is 5.41 Å². The maximum Gasteiger partial charge on any atom is 0.278 e. The van der Waals surface area contributed by atoms with Gasteiger partial charge in [0.1, 0.15) is 23.9 Å². The summed E-state index contributed by atoms with van der Waals surface area (Å²) in [5.41, 5.74) is 1.34. The van der Waals surface area contributed by atoms with E-state index in [4.69, 9.17) is 10.2 Å². The number of amides is 1. The van der Waals surface area contributed by atoms with E-state index in [0.717, 1.165) is 10.8 Å². The summed E-state index contributed by atoms with van der Waals surface area (Å²) in [7, 11) is 3.00. The summed E-state index contributed by atoms with van der Waals surface area (Å²) in [6, 6.07) is 9.67. The Kier molecular flexibility index (Phi) is 2.71. The monoisotopic (exact) mass is 307 g/mol. The second-order valence-corrected chi connectivity index (χ2v) is 5.24. The van der Waals surface area contributed by atoms with Crippen molar-refractivity contribution in [2.75, 3.05) is 14.2 Å². The third-order valence-corrected chi connectivity index (χ3v) is 3.99. The zero-order valence-electron chi connectivity index (χ0n) is 12.6. The number of benzene rings is 1. The average molecular weight is 307 g/mol. The van der Waals surface area contributed by atoms with Crippen molar-refractivity contribution in [1.82, 2.24) is 14.3 Å². The average Bonchev–Trinajstić information content (AvgIpc) is 2.81. The van der Waals surface area contributed by atoms with Gasteiger partial charge in [-0.3, -0.25) is 19.5 Å². The van der Waals surface area contributed by atoms with Crippen LogP contribution in [0.15, 0.2) is 41.7 Å². The second-order valence-electron chi connectivity index (χ2n) is 5.24. The normalized spacial score (nSPS) is 15.7. The topological polar surface area (TPSA) is 83.0 Å². The van der Waals surface area contributed by atoms with Crippen LogP contribution in [0.3, 0.4) is 0 Å². The van der Waals surface area contributed by atoms with E-state index >= 15 is 0 Å². The number of fused-ring (bicyclic) bond motifs is 4. The maximum atomic E-state index is 12.4.